The molecule has 1 aromatic carbocycles. The van der Waals surface area contributed by atoms with Crippen LogP contribution in [0.15, 0.2) is 83.4 Å². The first-order valence-corrected chi connectivity index (χ1v) is 9.91. The molecule has 132 valence electrons. The molecule has 0 saturated carbocycles. The van der Waals surface area contributed by atoms with Gasteiger partial charge in [-0.3, -0.25) is 4.98 Å². The topological polar surface area (TPSA) is 53.9 Å². The van der Waals surface area contributed by atoms with Crippen LogP contribution in [-0.2, 0) is 0 Å². The van der Waals surface area contributed by atoms with E-state index in [1.165, 1.54) is 15.8 Å². The number of nitrogens with one attached hydrogen (secondary N) is 1. The first-order chi connectivity index (χ1) is 13.9. The Labute approximate surface area is 164 Å². The molecule has 1 aliphatic heterocycles. The average Bonchev–Trinajstić information content (AvgIpc) is 3.39. The van der Waals surface area contributed by atoms with E-state index in [0.29, 0.717) is 0 Å². The van der Waals surface area contributed by atoms with Gasteiger partial charge in [0.05, 0.1) is 11.4 Å². The van der Waals surface area contributed by atoms with Gasteiger partial charge >= 0.3 is 0 Å². The van der Waals surface area contributed by atoms with Gasteiger partial charge in [-0.15, -0.1) is 11.3 Å². The molecule has 4 aromatic heterocycles. The second-order valence-corrected chi connectivity index (χ2v) is 7.65. The molecule has 4 nitrogen and oxygen atoms in total. The number of benzene rings is 1. The quantitative estimate of drug-likeness (QED) is 0.513. The minimum Gasteiger partial charge on any atom is -0.353 e. The molecule has 0 atom stereocenters. The molecule has 0 bridgehead atoms. The molecule has 5 aromatic rings. The molecular formula is C23H14N4S. The molecule has 0 aliphatic carbocycles. The second-order valence-electron chi connectivity index (χ2n) is 6.70. The monoisotopic (exact) mass is 378 g/mol. The lowest BCUT2D eigenvalue weighted by atomic mass is 10.1. The zero-order chi connectivity index (χ0) is 18.5. The van der Waals surface area contributed by atoms with Gasteiger partial charge in [-0.2, -0.15) is 0 Å². The first-order valence-electron chi connectivity index (χ1n) is 9.03. The number of aromatic nitrogens is 3. The van der Waals surface area contributed by atoms with Crippen LogP contribution in [0, 0.1) is 0 Å². The summed E-state index contributed by atoms with van der Waals surface area (Å²) in [5.41, 5.74) is 7.04. The van der Waals surface area contributed by atoms with E-state index >= 15 is 0 Å². The number of nitrogens with zero attached hydrogens (tertiary/aromatic N) is 3. The molecule has 28 heavy (non-hydrogen) atoms. The summed E-state index contributed by atoms with van der Waals surface area (Å²) in [6, 6.07) is 20.8. The molecule has 5 heteroatoms. The Bertz CT molecular complexity index is 1450. The molecule has 0 saturated heterocycles. The van der Waals surface area contributed by atoms with Crippen molar-refractivity contribution in [2.45, 2.75) is 0 Å². The number of H-pyrrole nitrogens is 1. The highest BCUT2D eigenvalue weighted by Gasteiger charge is 2.16. The highest BCUT2D eigenvalue weighted by Crippen LogP contribution is 2.33. The van der Waals surface area contributed by atoms with Gasteiger partial charge in [0, 0.05) is 44.5 Å². The van der Waals surface area contributed by atoms with Crippen LogP contribution in [0.3, 0.4) is 0 Å². The molecule has 5 heterocycles. The Morgan fingerprint density at radius 3 is 2.75 bits per heavy atom. The highest BCUT2D eigenvalue weighted by molar-refractivity contribution is 7.13. The number of fused-ring (bicyclic) bond motifs is 2. The van der Waals surface area contributed by atoms with Crippen LogP contribution < -0.4 is 10.7 Å². The van der Waals surface area contributed by atoms with E-state index in [4.69, 9.17) is 0 Å². The van der Waals surface area contributed by atoms with E-state index in [1.807, 2.05) is 24.4 Å². The van der Waals surface area contributed by atoms with Crippen LogP contribution in [0.4, 0.5) is 0 Å². The summed E-state index contributed by atoms with van der Waals surface area (Å²) < 4.78 is 0. The minimum absolute atomic E-state index is 0.784. The predicted molar refractivity (Wildman–Crippen MR) is 112 cm³/mol. The smallest absolute Gasteiger partial charge is 0.162 e. The standard InChI is InChI=1S/C23H14N4S/c1-2-9-24-18(6-1)14-11-17-22(27-23(17)25-13-14)20-12-16-15(21-8-4-10-28-21)5-3-7-19(16)26-20/h1-13,26H. The van der Waals surface area contributed by atoms with Crippen molar-refractivity contribution in [2.75, 3.05) is 0 Å². The fourth-order valence-electron chi connectivity index (χ4n) is 3.64. The summed E-state index contributed by atoms with van der Waals surface area (Å²) in [5, 5.41) is 4.39. The van der Waals surface area contributed by atoms with Gasteiger partial charge in [-0.1, -0.05) is 24.3 Å². The molecule has 0 unspecified atom stereocenters. The van der Waals surface area contributed by atoms with E-state index < -0.39 is 0 Å². The Morgan fingerprint density at radius 2 is 1.89 bits per heavy atom. The molecule has 1 N–H and O–H groups in total. The summed E-state index contributed by atoms with van der Waals surface area (Å²) >= 11 is 1.76. The van der Waals surface area contributed by atoms with Crippen molar-refractivity contribution < 1.29 is 0 Å². The largest absolute Gasteiger partial charge is 0.353 e. The first kappa shape index (κ1) is 15.5. The van der Waals surface area contributed by atoms with E-state index in [2.05, 4.69) is 67.8 Å². The Hall–Kier alpha value is -3.57. The van der Waals surface area contributed by atoms with Gasteiger partial charge in [0.25, 0.3) is 0 Å². The van der Waals surface area contributed by atoms with Crippen molar-refractivity contribution in [2.24, 2.45) is 4.99 Å². The molecule has 0 radical (unpaired) electrons. The third-order valence-electron chi connectivity index (χ3n) is 5.01. The molecule has 0 fully saturated rings. The van der Waals surface area contributed by atoms with Gasteiger partial charge in [0.15, 0.2) is 5.49 Å². The number of rotatable bonds is 3. The van der Waals surface area contributed by atoms with Crippen LogP contribution in [0.25, 0.3) is 38.3 Å². The van der Waals surface area contributed by atoms with E-state index in [-0.39, 0.29) is 0 Å². The van der Waals surface area contributed by atoms with Gasteiger partial charge in [-0.25, -0.2) is 9.98 Å². The number of thiophene rings is 1. The van der Waals surface area contributed by atoms with Crippen LogP contribution in [-0.4, -0.2) is 15.0 Å². The Balaban J connectivity index is 1.52. The summed E-state index contributed by atoms with van der Waals surface area (Å²) in [4.78, 5) is 18.4. The van der Waals surface area contributed by atoms with Crippen molar-refractivity contribution in [1.29, 1.82) is 0 Å². The fourth-order valence-corrected chi connectivity index (χ4v) is 4.41. The fraction of sp³-hybridized carbons (Fsp3) is 0. The Kier molecular flexibility index (Phi) is 3.30. The summed E-state index contributed by atoms with van der Waals surface area (Å²) in [7, 11) is 0. The summed E-state index contributed by atoms with van der Waals surface area (Å²) in [6.45, 7) is 0. The molecule has 1 aliphatic rings. The van der Waals surface area contributed by atoms with Gasteiger partial charge < -0.3 is 4.98 Å². The molecular weight excluding hydrogens is 364 g/mol. The van der Waals surface area contributed by atoms with Crippen LogP contribution in [0.5, 0.6) is 0 Å². The molecule has 0 spiro atoms. The van der Waals surface area contributed by atoms with Crippen molar-refractivity contribution in [3.05, 3.63) is 94.8 Å². The summed E-state index contributed by atoms with van der Waals surface area (Å²) in [5.74, 6) is 0. The number of aromatic amines is 1. The summed E-state index contributed by atoms with van der Waals surface area (Å²) in [6.07, 6.45) is 3.63. The highest BCUT2D eigenvalue weighted by atomic mass is 32.1. The zero-order valence-electron chi connectivity index (χ0n) is 14.8. The van der Waals surface area contributed by atoms with Crippen molar-refractivity contribution in [3.8, 4) is 21.7 Å². The van der Waals surface area contributed by atoms with E-state index in [1.54, 1.807) is 17.5 Å². The van der Waals surface area contributed by atoms with Crippen molar-refractivity contribution >= 4 is 27.9 Å². The van der Waals surface area contributed by atoms with Crippen LogP contribution in [0.1, 0.15) is 5.69 Å². The van der Waals surface area contributed by atoms with E-state index in [9.17, 15) is 0 Å². The van der Waals surface area contributed by atoms with Crippen LogP contribution >= 0.6 is 11.3 Å². The SMILES string of the molecule is c1ccc(-c2cnc3c(c2)=C(c2cc4c(-c5cccs5)cccc4[nH]2)N=3)nc1. The van der Waals surface area contributed by atoms with E-state index in [0.717, 1.165) is 38.9 Å². The van der Waals surface area contributed by atoms with Crippen LogP contribution in [0.2, 0.25) is 0 Å². The third-order valence-corrected chi connectivity index (χ3v) is 5.91. The maximum atomic E-state index is 4.63. The van der Waals surface area contributed by atoms with Gasteiger partial charge in [0.2, 0.25) is 0 Å². The number of hydrogen-bond donors (Lipinski definition) is 1. The lowest BCUT2D eigenvalue weighted by Crippen LogP contribution is -2.38. The van der Waals surface area contributed by atoms with Crippen molar-refractivity contribution in [3.63, 3.8) is 0 Å². The maximum Gasteiger partial charge on any atom is 0.162 e. The lowest BCUT2D eigenvalue weighted by molar-refractivity contribution is 1.05. The zero-order valence-corrected chi connectivity index (χ0v) is 15.6. The van der Waals surface area contributed by atoms with Gasteiger partial charge in [0.1, 0.15) is 5.70 Å². The minimum atomic E-state index is 0.784. The number of pyridine rings is 2. The van der Waals surface area contributed by atoms with Crippen molar-refractivity contribution in [1.82, 2.24) is 15.0 Å². The lowest BCUT2D eigenvalue weighted by Gasteiger charge is -2.09. The maximum absolute atomic E-state index is 4.63. The van der Waals surface area contributed by atoms with Gasteiger partial charge in [-0.05, 0) is 41.8 Å². The molecule has 0 amide bonds. The molecule has 6 rings (SSSR count). The number of hydrogen-bond acceptors (Lipinski definition) is 4. The Morgan fingerprint density at radius 1 is 0.893 bits per heavy atom. The third kappa shape index (κ3) is 2.33. The normalized spacial score (nSPS) is 12.5. The second kappa shape index (κ2) is 5.97. The predicted octanol–water partition coefficient (Wildman–Crippen LogP) is 4.14. The average molecular weight is 378 g/mol.